The maximum atomic E-state index is 4.91. The van der Waals surface area contributed by atoms with Gasteiger partial charge in [-0.25, -0.2) is 9.97 Å². The molecule has 1 aliphatic heterocycles. The van der Waals surface area contributed by atoms with E-state index in [4.69, 9.17) is 9.97 Å². The second-order valence-electron chi connectivity index (χ2n) is 6.90. The van der Waals surface area contributed by atoms with Gasteiger partial charge in [0.05, 0.1) is 29.2 Å². The highest BCUT2D eigenvalue weighted by atomic mass is 32.1. The Morgan fingerprint density at radius 2 is 2.08 bits per heavy atom. The van der Waals surface area contributed by atoms with Crippen LogP contribution in [-0.2, 0) is 6.54 Å². The fourth-order valence-corrected chi connectivity index (χ4v) is 6.38. The molecule has 1 fully saturated rings. The first kappa shape index (κ1) is 16.6. The van der Waals surface area contributed by atoms with Gasteiger partial charge in [-0.15, -0.1) is 22.7 Å². The molecule has 0 aliphatic carbocycles. The Morgan fingerprint density at radius 3 is 2.96 bits per heavy atom. The lowest BCUT2D eigenvalue weighted by Crippen LogP contribution is -3.12. The Morgan fingerprint density at radius 1 is 1.12 bits per heavy atom. The molecule has 5 rings (SSSR count). The zero-order valence-electron chi connectivity index (χ0n) is 14.4. The van der Waals surface area contributed by atoms with Crippen LogP contribution in [0.15, 0.2) is 46.5 Å². The van der Waals surface area contributed by atoms with Gasteiger partial charge in [-0.1, -0.05) is 12.1 Å². The molecule has 26 heavy (non-hydrogen) atoms. The molecule has 1 saturated heterocycles. The minimum Gasteiger partial charge on any atom is -0.329 e. The number of thiazole rings is 2. The number of hydrogen-bond donors (Lipinski definition) is 1. The number of aromatic nitrogens is 2. The third-order valence-electron chi connectivity index (χ3n) is 5.03. The van der Waals surface area contributed by atoms with E-state index in [9.17, 15) is 0 Å². The van der Waals surface area contributed by atoms with E-state index in [-0.39, 0.29) is 0 Å². The van der Waals surface area contributed by atoms with Crippen LogP contribution >= 0.6 is 34.0 Å². The van der Waals surface area contributed by atoms with Crippen molar-refractivity contribution in [2.24, 2.45) is 0 Å². The molecule has 2 atom stereocenters. The van der Waals surface area contributed by atoms with Crippen LogP contribution in [0, 0.1) is 0 Å². The first-order chi connectivity index (χ1) is 12.8. The Balaban J connectivity index is 1.30. The van der Waals surface area contributed by atoms with Crippen molar-refractivity contribution in [2.45, 2.75) is 25.3 Å². The Bertz CT molecular complexity index is 969. The lowest BCUT2D eigenvalue weighted by Gasteiger charge is -2.28. The summed E-state index contributed by atoms with van der Waals surface area (Å²) in [5, 5.41) is 9.01. The summed E-state index contributed by atoms with van der Waals surface area (Å²) in [6.45, 7) is 3.44. The van der Waals surface area contributed by atoms with E-state index < -0.39 is 0 Å². The third kappa shape index (κ3) is 3.34. The molecule has 3 aromatic heterocycles. The van der Waals surface area contributed by atoms with Crippen molar-refractivity contribution < 1.29 is 4.90 Å². The van der Waals surface area contributed by atoms with Crippen molar-refractivity contribution in [3.05, 3.63) is 57.2 Å². The number of likely N-dealkylation sites (tertiary alicyclic amines) is 1. The summed E-state index contributed by atoms with van der Waals surface area (Å²) in [6, 6.07) is 10.7. The maximum absolute atomic E-state index is 4.91. The van der Waals surface area contributed by atoms with Gasteiger partial charge in [0.15, 0.2) is 0 Å². The monoisotopic (exact) mass is 398 g/mol. The molecular formula is C20H20N3S3+. The number of piperidine rings is 1. The summed E-state index contributed by atoms with van der Waals surface area (Å²) in [5.74, 6) is 0.589. The van der Waals surface area contributed by atoms with Crippen LogP contribution < -0.4 is 4.90 Å². The SMILES string of the molecule is c1ccc2sc([C@H]3CCC[NH+](Cc4csc(-c5ccsc5)n4)C3)nc2c1. The smallest absolute Gasteiger partial charge is 0.124 e. The Kier molecular flexibility index (Phi) is 4.58. The van der Waals surface area contributed by atoms with Gasteiger partial charge in [0, 0.05) is 16.3 Å². The molecule has 0 saturated carbocycles. The van der Waals surface area contributed by atoms with Crippen molar-refractivity contribution in [2.75, 3.05) is 13.1 Å². The molecule has 3 nitrogen and oxygen atoms in total. The van der Waals surface area contributed by atoms with Crippen molar-refractivity contribution in [1.82, 2.24) is 9.97 Å². The molecule has 1 aliphatic rings. The second kappa shape index (κ2) is 7.19. The van der Waals surface area contributed by atoms with Crippen LogP contribution in [-0.4, -0.2) is 23.1 Å². The molecule has 0 bridgehead atoms. The fourth-order valence-electron chi connectivity index (χ4n) is 3.75. The highest BCUT2D eigenvalue weighted by Crippen LogP contribution is 2.30. The van der Waals surface area contributed by atoms with E-state index in [2.05, 4.69) is 46.5 Å². The van der Waals surface area contributed by atoms with E-state index in [1.54, 1.807) is 27.6 Å². The minimum absolute atomic E-state index is 0.589. The molecule has 1 unspecified atom stereocenters. The van der Waals surface area contributed by atoms with Gasteiger partial charge in [-0.2, -0.15) is 11.3 Å². The molecule has 0 amide bonds. The summed E-state index contributed by atoms with van der Waals surface area (Å²) in [4.78, 5) is 11.4. The zero-order valence-corrected chi connectivity index (χ0v) is 16.8. The first-order valence-corrected chi connectivity index (χ1v) is 11.6. The van der Waals surface area contributed by atoms with Crippen molar-refractivity contribution in [3.8, 4) is 10.6 Å². The quantitative estimate of drug-likeness (QED) is 0.551. The fraction of sp³-hybridized carbons (Fsp3) is 0.300. The molecule has 0 spiro atoms. The van der Waals surface area contributed by atoms with E-state index >= 15 is 0 Å². The van der Waals surface area contributed by atoms with Gasteiger partial charge in [0.1, 0.15) is 22.3 Å². The Hall–Kier alpha value is -1.60. The van der Waals surface area contributed by atoms with Crippen LogP contribution in [0.5, 0.6) is 0 Å². The molecule has 4 heterocycles. The van der Waals surface area contributed by atoms with Gasteiger partial charge in [0.25, 0.3) is 0 Å². The van der Waals surface area contributed by atoms with Crippen molar-refractivity contribution in [1.29, 1.82) is 0 Å². The summed E-state index contributed by atoms with van der Waals surface area (Å²) >= 11 is 5.38. The molecule has 0 radical (unpaired) electrons. The molecular weight excluding hydrogens is 378 g/mol. The summed E-state index contributed by atoms with van der Waals surface area (Å²) in [7, 11) is 0. The number of nitrogens with one attached hydrogen (secondary N) is 1. The average Bonchev–Trinajstić information content (AvgIpc) is 3.41. The van der Waals surface area contributed by atoms with Crippen molar-refractivity contribution in [3.63, 3.8) is 0 Å². The van der Waals surface area contributed by atoms with E-state index in [0.717, 1.165) is 17.1 Å². The van der Waals surface area contributed by atoms with E-state index in [1.807, 2.05) is 11.3 Å². The standard InChI is InChI=1S/C20H19N3S3/c1-2-6-18-17(5-1)22-20(26-18)14-4-3-8-23(10-14)11-16-13-25-19(21-16)15-7-9-24-12-15/h1-2,5-7,9,12-14H,3-4,8,10-11H2/p+1/t14-/m0/s1. The number of thiophene rings is 1. The minimum atomic E-state index is 0.589. The van der Waals surface area contributed by atoms with Crippen LogP contribution in [0.4, 0.5) is 0 Å². The predicted octanol–water partition coefficient (Wildman–Crippen LogP) is 4.44. The van der Waals surface area contributed by atoms with E-state index in [1.165, 1.54) is 46.9 Å². The highest BCUT2D eigenvalue weighted by molar-refractivity contribution is 7.18. The largest absolute Gasteiger partial charge is 0.329 e. The normalized spacial score (nSPS) is 20.6. The summed E-state index contributed by atoms with van der Waals surface area (Å²) in [6.07, 6.45) is 2.54. The average molecular weight is 399 g/mol. The molecule has 4 aromatic rings. The number of nitrogens with zero attached hydrogens (tertiary/aromatic N) is 2. The van der Waals surface area contributed by atoms with Crippen molar-refractivity contribution >= 4 is 44.2 Å². The van der Waals surface area contributed by atoms with E-state index in [0.29, 0.717) is 5.92 Å². The molecule has 1 N–H and O–H groups in total. The molecule has 1 aromatic carbocycles. The topological polar surface area (TPSA) is 30.2 Å². The third-order valence-corrected chi connectivity index (χ3v) is 7.85. The van der Waals surface area contributed by atoms with Gasteiger partial charge < -0.3 is 4.90 Å². The number of quaternary nitrogens is 1. The number of benzene rings is 1. The second-order valence-corrected chi connectivity index (χ2v) is 9.60. The van der Waals surface area contributed by atoms with Crippen LogP contribution in [0.1, 0.15) is 29.5 Å². The lowest BCUT2D eigenvalue weighted by atomic mass is 9.98. The van der Waals surface area contributed by atoms with Crippen LogP contribution in [0.25, 0.3) is 20.8 Å². The number of fused-ring (bicyclic) bond motifs is 1. The lowest BCUT2D eigenvalue weighted by molar-refractivity contribution is -0.920. The van der Waals surface area contributed by atoms with Gasteiger partial charge in [-0.3, -0.25) is 0 Å². The van der Waals surface area contributed by atoms with Crippen LogP contribution in [0.3, 0.4) is 0 Å². The zero-order chi connectivity index (χ0) is 17.3. The number of rotatable bonds is 4. The molecule has 132 valence electrons. The first-order valence-electron chi connectivity index (χ1n) is 9.01. The predicted molar refractivity (Wildman–Crippen MR) is 111 cm³/mol. The van der Waals surface area contributed by atoms with Gasteiger partial charge in [0.2, 0.25) is 0 Å². The Labute approximate surface area is 165 Å². The van der Waals surface area contributed by atoms with Gasteiger partial charge >= 0.3 is 0 Å². The summed E-state index contributed by atoms with van der Waals surface area (Å²) in [5.41, 5.74) is 3.64. The van der Waals surface area contributed by atoms with Crippen LogP contribution in [0.2, 0.25) is 0 Å². The highest BCUT2D eigenvalue weighted by Gasteiger charge is 2.27. The summed E-state index contributed by atoms with van der Waals surface area (Å²) < 4.78 is 1.31. The number of para-hydroxylation sites is 1. The van der Waals surface area contributed by atoms with Gasteiger partial charge in [-0.05, 0) is 36.4 Å². The number of hydrogen-bond acceptors (Lipinski definition) is 5. The maximum Gasteiger partial charge on any atom is 0.124 e. The molecule has 6 heteroatoms.